The van der Waals surface area contributed by atoms with Crippen molar-refractivity contribution >= 4 is 23.1 Å². The Morgan fingerprint density at radius 1 is 1.10 bits per heavy atom. The molecule has 0 atom stereocenters. The van der Waals surface area contributed by atoms with Gasteiger partial charge in [-0.05, 0) is 0 Å². The first-order valence-corrected chi connectivity index (χ1v) is 3.21. The van der Waals surface area contributed by atoms with E-state index in [1.807, 2.05) is 0 Å². The van der Waals surface area contributed by atoms with Gasteiger partial charge in [0, 0.05) is 0 Å². The zero-order valence-corrected chi connectivity index (χ0v) is 10.8. The van der Waals surface area contributed by atoms with E-state index in [1.165, 1.54) is 12.3 Å². The molecule has 0 amide bonds. The van der Waals surface area contributed by atoms with Crippen molar-refractivity contribution in [3.8, 4) is 0 Å². The van der Waals surface area contributed by atoms with Gasteiger partial charge in [0.15, 0.2) is 0 Å². The molecule has 2 heteroatoms. The van der Waals surface area contributed by atoms with Crippen molar-refractivity contribution in [2.45, 2.75) is 41.0 Å². The first-order chi connectivity index (χ1) is 3.42. The maximum absolute atomic E-state index is 2.26. The van der Waals surface area contributed by atoms with Gasteiger partial charge >= 0.3 is 23.1 Å². The van der Waals surface area contributed by atoms with Crippen LogP contribution in [-0.4, -0.2) is 23.1 Å². The van der Waals surface area contributed by atoms with Gasteiger partial charge in [-0.3, -0.25) is 0 Å². The van der Waals surface area contributed by atoms with Crippen molar-refractivity contribution in [2.24, 2.45) is 5.41 Å². The molecule has 0 aromatic heterocycles. The van der Waals surface area contributed by atoms with Crippen LogP contribution in [0.3, 0.4) is 0 Å². The smallest absolute Gasteiger partial charge is 1.00 e. The monoisotopic (exact) mass is 216 g/mol. The minimum absolute atomic E-state index is 0. The normalized spacial score (nSPS) is 10.2. The van der Waals surface area contributed by atoms with Crippen molar-refractivity contribution in [1.29, 1.82) is 0 Å². The molecule has 0 nitrogen and oxygen atoms in total. The minimum atomic E-state index is 0. The fourth-order valence-corrected chi connectivity index (χ4v) is 1.06. The van der Waals surface area contributed by atoms with Crippen LogP contribution in [0.5, 0.6) is 0 Å². The quantitative estimate of drug-likeness (QED) is 0.416. The van der Waals surface area contributed by atoms with E-state index >= 15 is 0 Å². The molecular formula is C8H17BrMg. The molecule has 0 spiro atoms. The van der Waals surface area contributed by atoms with E-state index < -0.39 is 0 Å². The average Bonchev–Trinajstić information content (AvgIpc) is 1.21. The maximum atomic E-state index is 2.26. The van der Waals surface area contributed by atoms with Crippen LogP contribution < -0.4 is 17.0 Å². The van der Waals surface area contributed by atoms with E-state index in [2.05, 4.69) is 34.6 Å². The van der Waals surface area contributed by atoms with Crippen LogP contribution in [-0.2, 0) is 0 Å². The van der Waals surface area contributed by atoms with Gasteiger partial charge in [-0.1, -0.05) is 26.2 Å². The molecule has 0 saturated carbocycles. The molecule has 58 valence electrons. The van der Waals surface area contributed by atoms with Crippen LogP contribution in [0.4, 0.5) is 0 Å². The first-order valence-electron chi connectivity index (χ1n) is 3.21. The molecule has 10 heavy (non-hydrogen) atoms. The van der Waals surface area contributed by atoms with Gasteiger partial charge in [-0.2, -0.15) is 20.3 Å². The molecule has 0 unspecified atom stereocenters. The second-order valence-corrected chi connectivity index (χ2v) is 3.94. The van der Waals surface area contributed by atoms with Gasteiger partial charge in [0.2, 0.25) is 0 Å². The van der Waals surface area contributed by atoms with Gasteiger partial charge < -0.3 is 22.9 Å². The fraction of sp³-hybridized carbons (Fsp3) is 0.875. The summed E-state index contributed by atoms with van der Waals surface area (Å²) < 4.78 is 0. The Morgan fingerprint density at radius 2 is 1.40 bits per heavy atom. The van der Waals surface area contributed by atoms with Crippen LogP contribution in [0, 0.1) is 11.3 Å². The Morgan fingerprint density at radius 3 is 1.40 bits per heavy atom. The number of rotatable bonds is 1. The summed E-state index contributed by atoms with van der Waals surface area (Å²) in [7, 11) is 0. The second-order valence-electron chi connectivity index (χ2n) is 3.94. The van der Waals surface area contributed by atoms with Crippen molar-refractivity contribution < 1.29 is 17.0 Å². The van der Waals surface area contributed by atoms with Crippen LogP contribution in [0.25, 0.3) is 0 Å². The van der Waals surface area contributed by atoms with Crippen molar-refractivity contribution in [1.82, 2.24) is 0 Å². The summed E-state index contributed by atoms with van der Waals surface area (Å²) in [6.45, 7) is 11.2. The van der Waals surface area contributed by atoms with E-state index in [1.54, 1.807) is 0 Å². The molecule has 0 rings (SSSR count). The Labute approximate surface area is 92.1 Å². The molecular weight excluding hydrogens is 200 g/mol. The van der Waals surface area contributed by atoms with Crippen LogP contribution in [0.15, 0.2) is 0 Å². The number of halogens is 1. The molecule has 0 aliphatic heterocycles. The standard InChI is InChI=1S/C8H17.BrH.Mg/c1-7(2)6-8(3,4)5;;/h6H2,1-5H3;1H;/q-1;;+2/p-1. The third-order valence-electron chi connectivity index (χ3n) is 0.884. The SMILES string of the molecule is C[C-](C)CC(C)(C)C.[Br-].[Mg+2]. The topological polar surface area (TPSA) is 0 Å². The number of hydrogen-bond acceptors (Lipinski definition) is 0. The van der Waals surface area contributed by atoms with Crippen molar-refractivity contribution in [2.75, 3.05) is 0 Å². The van der Waals surface area contributed by atoms with E-state index in [9.17, 15) is 0 Å². The predicted molar refractivity (Wildman–Crippen MR) is 44.4 cm³/mol. The van der Waals surface area contributed by atoms with E-state index in [4.69, 9.17) is 0 Å². The maximum Gasteiger partial charge on any atom is 2.00 e. The summed E-state index contributed by atoms with van der Waals surface area (Å²) in [6, 6.07) is 0. The zero-order valence-electron chi connectivity index (χ0n) is 7.79. The van der Waals surface area contributed by atoms with E-state index in [0.29, 0.717) is 5.41 Å². The van der Waals surface area contributed by atoms with E-state index in [-0.39, 0.29) is 40.0 Å². The van der Waals surface area contributed by atoms with Gasteiger partial charge in [-0.25, -0.2) is 0 Å². The molecule has 0 aliphatic rings. The van der Waals surface area contributed by atoms with Gasteiger partial charge in [0.25, 0.3) is 0 Å². The molecule has 0 aliphatic carbocycles. The molecule has 0 bridgehead atoms. The Balaban J connectivity index is -0.000000245. The molecule has 0 N–H and O–H groups in total. The summed E-state index contributed by atoms with van der Waals surface area (Å²) in [5.41, 5.74) is 0.485. The Bertz CT molecular complexity index is 64.1. The van der Waals surface area contributed by atoms with Gasteiger partial charge in [0.1, 0.15) is 0 Å². The molecule has 0 fully saturated rings. The van der Waals surface area contributed by atoms with Crippen molar-refractivity contribution in [3.63, 3.8) is 0 Å². The second kappa shape index (κ2) is 6.93. The zero-order chi connectivity index (χ0) is 6.78. The van der Waals surface area contributed by atoms with Crippen molar-refractivity contribution in [3.05, 3.63) is 5.92 Å². The fourth-order valence-electron chi connectivity index (χ4n) is 1.06. The molecule has 0 saturated heterocycles. The third-order valence-corrected chi connectivity index (χ3v) is 0.884. The number of hydrogen-bond donors (Lipinski definition) is 0. The minimum Gasteiger partial charge on any atom is -1.00 e. The molecule has 0 aromatic rings. The predicted octanol–water partition coefficient (Wildman–Crippen LogP) is -0.340. The largest absolute Gasteiger partial charge is 2.00 e. The first kappa shape index (κ1) is 17.4. The third kappa shape index (κ3) is 16.1. The average molecular weight is 217 g/mol. The molecule has 0 aromatic carbocycles. The Hall–Kier alpha value is 1.25. The summed E-state index contributed by atoms with van der Waals surface area (Å²) in [5.74, 6) is 1.53. The molecule has 0 heterocycles. The molecule has 0 radical (unpaired) electrons. The summed E-state index contributed by atoms with van der Waals surface area (Å²) >= 11 is 0. The van der Waals surface area contributed by atoms with Crippen LogP contribution in [0.1, 0.15) is 41.0 Å². The summed E-state index contributed by atoms with van der Waals surface area (Å²) in [4.78, 5) is 0. The van der Waals surface area contributed by atoms with E-state index in [0.717, 1.165) is 0 Å². The van der Waals surface area contributed by atoms with Gasteiger partial charge in [0.05, 0.1) is 0 Å². The van der Waals surface area contributed by atoms with Gasteiger partial charge in [-0.15, -0.1) is 0 Å². The van der Waals surface area contributed by atoms with Crippen LogP contribution >= 0.6 is 0 Å². The summed E-state index contributed by atoms with van der Waals surface area (Å²) in [5, 5.41) is 0. The van der Waals surface area contributed by atoms with Crippen LogP contribution in [0.2, 0.25) is 0 Å². The summed E-state index contributed by atoms with van der Waals surface area (Å²) in [6.07, 6.45) is 1.24. The Kier molecular flexibility index (Phi) is 12.0.